The van der Waals surface area contributed by atoms with E-state index < -0.39 is 0 Å². The number of halogens is 1. The molecule has 0 saturated carbocycles. The van der Waals surface area contributed by atoms with Crippen LogP contribution in [0, 0.1) is 0 Å². The van der Waals surface area contributed by atoms with E-state index in [2.05, 4.69) is 26.6 Å². The fourth-order valence-corrected chi connectivity index (χ4v) is 6.03. The number of carbonyl (C=O) groups excluding carboxylic acids is 1. The number of para-hydroxylation sites is 1. The number of hydrogen-bond acceptors (Lipinski definition) is 7. The summed E-state index contributed by atoms with van der Waals surface area (Å²) in [5.41, 5.74) is 5.48. The standard InChI is InChI=1S/C30H23ClN6OS2/c1-2-37-28(23-16-25(19-8-4-3-5-9-19)32-24-11-7-6-10-22(23)24)35-36-30(37)40-18-27(38)34-29-33-26(17-39-29)20-12-14-21(31)15-13-20/h3-17H,2,18H2,1H3,(H,33,34,38). The number of hydrogen-bond donors (Lipinski definition) is 1. The average Bonchev–Trinajstić information content (AvgIpc) is 3.63. The van der Waals surface area contributed by atoms with Gasteiger partial charge in [0.2, 0.25) is 5.91 Å². The van der Waals surface area contributed by atoms with E-state index in [1.165, 1.54) is 23.1 Å². The predicted molar refractivity (Wildman–Crippen MR) is 164 cm³/mol. The van der Waals surface area contributed by atoms with Crippen LogP contribution in [-0.2, 0) is 11.3 Å². The number of anilines is 1. The first-order chi connectivity index (χ1) is 19.6. The molecule has 0 unspecified atom stereocenters. The van der Waals surface area contributed by atoms with Crippen molar-refractivity contribution in [3.63, 3.8) is 0 Å². The van der Waals surface area contributed by atoms with Gasteiger partial charge >= 0.3 is 0 Å². The number of nitrogens with one attached hydrogen (secondary N) is 1. The molecule has 10 heteroatoms. The Labute approximate surface area is 244 Å². The Kier molecular flexibility index (Phi) is 7.59. The Morgan fingerprint density at radius 1 is 0.925 bits per heavy atom. The van der Waals surface area contributed by atoms with Crippen LogP contribution in [0.1, 0.15) is 6.92 Å². The molecule has 0 spiro atoms. The van der Waals surface area contributed by atoms with Crippen molar-refractivity contribution in [1.29, 1.82) is 0 Å². The van der Waals surface area contributed by atoms with E-state index in [0.717, 1.165) is 44.8 Å². The minimum atomic E-state index is -0.157. The monoisotopic (exact) mass is 582 g/mol. The van der Waals surface area contributed by atoms with Crippen molar-refractivity contribution in [1.82, 2.24) is 24.7 Å². The molecule has 7 nitrogen and oxygen atoms in total. The van der Waals surface area contributed by atoms with Crippen molar-refractivity contribution < 1.29 is 4.79 Å². The normalized spacial score (nSPS) is 11.2. The molecule has 6 rings (SSSR count). The Morgan fingerprint density at radius 2 is 1.68 bits per heavy atom. The average molecular weight is 583 g/mol. The number of amides is 1. The van der Waals surface area contributed by atoms with Gasteiger partial charge in [0.05, 0.1) is 22.7 Å². The lowest BCUT2D eigenvalue weighted by Crippen LogP contribution is -2.14. The van der Waals surface area contributed by atoms with Crippen molar-refractivity contribution in [2.45, 2.75) is 18.6 Å². The van der Waals surface area contributed by atoms with Crippen LogP contribution in [0.2, 0.25) is 5.02 Å². The third-order valence-electron chi connectivity index (χ3n) is 6.28. The molecule has 1 amide bonds. The molecule has 198 valence electrons. The van der Waals surface area contributed by atoms with Crippen molar-refractivity contribution in [3.05, 3.63) is 95.3 Å². The zero-order chi connectivity index (χ0) is 27.5. The van der Waals surface area contributed by atoms with E-state index in [4.69, 9.17) is 16.6 Å². The van der Waals surface area contributed by atoms with Crippen LogP contribution in [0.25, 0.3) is 44.8 Å². The summed E-state index contributed by atoms with van der Waals surface area (Å²) in [4.78, 5) is 22.2. The van der Waals surface area contributed by atoms with E-state index in [9.17, 15) is 4.79 Å². The van der Waals surface area contributed by atoms with Crippen LogP contribution in [0.5, 0.6) is 0 Å². The molecule has 3 aromatic heterocycles. The molecule has 0 bridgehead atoms. The summed E-state index contributed by atoms with van der Waals surface area (Å²) in [5.74, 6) is 0.768. The number of carbonyl (C=O) groups is 1. The molecule has 0 saturated heterocycles. The number of pyridine rings is 1. The minimum Gasteiger partial charge on any atom is -0.302 e. The maximum absolute atomic E-state index is 12.8. The van der Waals surface area contributed by atoms with E-state index in [0.29, 0.717) is 21.9 Å². The lowest BCUT2D eigenvalue weighted by molar-refractivity contribution is -0.113. The van der Waals surface area contributed by atoms with Crippen LogP contribution in [0.15, 0.2) is 95.5 Å². The third kappa shape index (κ3) is 5.49. The highest BCUT2D eigenvalue weighted by molar-refractivity contribution is 7.99. The maximum Gasteiger partial charge on any atom is 0.236 e. The molecule has 40 heavy (non-hydrogen) atoms. The van der Waals surface area contributed by atoms with Gasteiger partial charge in [-0.3, -0.25) is 4.79 Å². The smallest absolute Gasteiger partial charge is 0.236 e. The van der Waals surface area contributed by atoms with Crippen molar-refractivity contribution in [2.75, 3.05) is 11.1 Å². The second-order valence-electron chi connectivity index (χ2n) is 8.87. The molecular weight excluding hydrogens is 560 g/mol. The van der Waals surface area contributed by atoms with Gasteiger partial charge in [0, 0.05) is 39.0 Å². The molecule has 0 atom stereocenters. The molecule has 0 fully saturated rings. The van der Waals surface area contributed by atoms with Crippen molar-refractivity contribution >= 4 is 56.6 Å². The first-order valence-electron chi connectivity index (χ1n) is 12.6. The molecule has 0 aliphatic carbocycles. The van der Waals surface area contributed by atoms with Gasteiger partial charge in [-0.05, 0) is 31.2 Å². The van der Waals surface area contributed by atoms with Crippen molar-refractivity contribution in [3.8, 4) is 33.9 Å². The van der Waals surface area contributed by atoms with Crippen LogP contribution >= 0.6 is 34.7 Å². The number of thioether (sulfide) groups is 1. The SMILES string of the molecule is CCn1c(SCC(=O)Nc2nc(-c3ccc(Cl)cc3)cs2)nnc1-c1cc(-c2ccccc2)nc2ccccc12. The lowest BCUT2D eigenvalue weighted by Gasteiger charge is -2.11. The van der Waals surface area contributed by atoms with E-state index in [1.807, 2.05) is 95.7 Å². The zero-order valence-electron chi connectivity index (χ0n) is 21.4. The van der Waals surface area contributed by atoms with E-state index in [1.54, 1.807) is 0 Å². The summed E-state index contributed by atoms with van der Waals surface area (Å²) in [6, 6.07) is 27.7. The Bertz CT molecular complexity index is 1800. The van der Waals surface area contributed by atoms with E-state index in [-0.39, 0.29) is 11.7 Å². The molecule has 0 aliphatic heterocycles. The second-order valence-corrected chi connectivity index (χ2v) is 11.1. The van der Waals surface area contributed by atoms with Gasteiger partial charge in [-0.2, -0.15) is 0 Å². The number of thiazole rings is 1. The number of nitrogens with zero attached hydrogens (tertiary/aromatic N) is 5. The topological polar surface area (TPSA) is 85.6 Å². The summed E-state index contributed by atoms with van der Waals surface area (Å²) in [6.07, 6.45) is 0. The fraction of sp³-hybridized carbons (Fsp3) is 0.100. The Hall–Kier alpha value is -4.05. The number of aromatic nitrogens is 5. The number of fused-ring (bicyclic) bond motifs is 1. The molecule has 3 heterocycles. The molecule has 0 aliphatic rings. The molecule has 1 N–H and O–H groups in total. The first-order valence-corrected chi connectivity index (χ1v) is 14.9. The van der Waals surface area contributed by atoms with Gasteiger partial charge in [-0.25, -0.2) is 9.97 Å². The van der Waals surface area contributed by atoms with Gasteiger partial charge < -0.3 is 9.88 Å². The molecule has 3 aromatic carbocycles. The first kappa shape index (κ1) is 26.2. The van der Waals surface area contributed by atoms with Crippen molar-refractivity contribution in [2.24, 2.45) is 0 Å². The maximum atomic E-state index is 12.8. The Morgan fingerprint density at radius 3 is 2.48 bits per heavy atom. The Balaban J connectivity index is 1.22. The lowest BCUT2D eigenvalue weighted by atomic mass is 10.0. The van der Waals surface area contributed by atoms with Crippen LogP contribution < -0.4 is 5.32 Å². The summed E-state index contributed by atoms with van der Waals surface area (Å²) >= 11 is 8.72. The second kappa shape index (κ2) is 11.6. The third-order valence-corrected chi connectivity index (χ3v) is 8.26. The van der Waals surface area contributed by atoms with Gasteiger partial charge in [-0.15, -0.1) is 21.5 Å². The highest BCUT2D eigenvalue weighted by Crippen LogP contribution is 2.33. The van der Waals surface area contributed by atoms with Gasteiger partial charge in [0.15, 0.2) is 16.1 Å². The molecule has 6 aromatic rings. The predicted octanol–water partition coefficient (Wildman–Crippen LogP) is 7.69. The van der Waals surface area contributed by atoms with Gasteiger partial charge in [0.1, 0.15) is 0 Å². The van der Waals surface area contributed by atoms with E-state index >= 15 is 0 Å². The summed E-state index contributed by atoms with van der Waals surface area (Å²) < 4.78 is 2.04. The largest absolute Gasteiger partial charge is 0.302 e. The van der Waals surface area contributed by atoms with Crippen LogP contribution in [0.3, 0.4) is 0 Å². The quantitative estimate of drug-likeness (QED) is 0.185. The van der Waals surface area contributed by atoms with Gasteiger partial charge in [-0.1, -0.05) is 84.0 Å². The summed E-state index contributed by atoms with van der Waals surface area (Å²) in [7, 11) is 0. The van der Waals surface area contributed by atoms with Crippen LogP contribution in [-0.4, -0.2) is 36.4 Å². The molecule has 0 radical (unpaired) electrons. The number of benzene rings is 3. The van der Waals surface area contributed by atoms with Gasteiger partial charge in [0.25, 0.3) is 0 Å². The zero-order valence-corrected chi connectivity index (χ0v) is 23.8. The summed E-state index contributed by atoms with van der Waals surface area (Å²) in [5, 5.41) is 16.7. The van der Waals surface area contributed by atoms with Crippen LogP contribution in [0.4, 0.5) is 5.13 Å². The highest BCUT2D eigenvalue weighted by Gasteiger charge is 2.19. The molecular formula is C30H23ClN6OS2. The summed E-state index contributed by atoms with van der Waals surface area (Å²) in [6.45, 7) is 2.70. The number of rotatable bonds is 8. The highest BCUT2D eigenvalue weighted by atomic mass is 35.5. The minimum absolute atomic E-state index is 0.157. The fourth-order valence-electron chi connectivity index (χ4n) is 4.37.